The first kappa shape index (κ1) is 17.4. The number of carbonyl (C=O) groups is 1. The highest BCUT2D eigenvalue weighted by Gasteiger charge is 2.47. The molecule has 0 bridgehead atoms. The van der Waals surface area contributed by atoms with E-state index in [1.54, 1.807) is 0 Å². The minimum Gasteiger partial charge on any atom is -0.465 e. The Balaban J connectivity index is 1.66. The van der Waals surface area contributed by atoms with Crippen molar-refractivity contribution in [1.29, 1.82) is 0 Å². The van der Waals surface area contributed by atoms with Gasteiger partial charge in [-0.15, -0.1) is 0 Å². The number of ether oxygens (including phenoxy) is 2. The van der Waals surface area contributed by atoms with Crippen LogP contribution in [0.5, 0.6) is 0 Å². The molecule has 2 saturated heterocycles. The molecule has 0 aliphatic carbocycles. The van der Waals surface area contributed by atoms with Crippen molar-refractivity contribution in [3.8, 4) is 0 Å². The van der Waals surface area contributed by atoms with Crippen LogP contribution in [0.1, 0.15) is 25.3 Å². The Bertz CT molecular complexity index is 521. The lowest BCUT2D eigenvalue weighted by Crippen LogP contribution is -2.62. The van der Waals surface area contributed by atoms with Crippen LogP contribution in [0.15, 0.2) is 30.3 Å². The van der Waals surface area contributed by atoms with Crippen molar-refractivity contribution in [2.75, 3.05) is 46.0 Å². The molecule has 1 aromatic rings. The number of benzene rings is 1. The van der Waals surface area contributed by atoms with Crippen LogP contribution in [0, 0.1) is 0 Å². The van der Waals surface area contributed by atoms with E-state index in [1.165, 1.54) is 5.56 Å². The quantitative estimate of drug-likeness (QED) is 0.771. The van der Waals surface area contributed by atoms with Crippen LogP contribution in [0.3, 0.4) is 0 Å². The first-order valence-corrected chi connectivity index (χ1v) is 9.01. The summed E-state index contributed by atoms with van der Waals surface area (Å²) in [6.07, 6.45) is 1.66. The third kappa shape index (κ3) is 3.79. The Hall–Kier alpha value is -1.43. The molecule has 0 radical (unpaired) electrons. The summed E-state index contributed by atoms with van der Waals surface area (Å²) in [4.78, 5) is 17.5. The topological polar surface area (TPSA) is 42.0 Å². The van der Waals surface area contributed by atoms with E-state index >= 15 is 0 Å². The second-order valence-corrected chi connectivity index (χ2v) is 6.61. The molecular weight excluding hydrogens is 304 g/mol. The first-order valence-electron chi connectivity index (χ1n) is 9.01. The van der Waals surface area contributed by atoms with Crippen molar-refractivity contribution >= 4 is 5.97 Å². The second kappa shape index (κ2) is 8.10. The van der Waals surface area contributed by atoms with Gasteiger partial charge in [-0.3, -0.25) is 14.6 Å². The second-order valence-electron chi connectivity index (χ2n) is 6.61. The largest absolute Gasteiger partial charge is 0.465 e. The third-order valence-electron chi connectivity index (χ3n) is 5.20. The fraction of sp³-hybridized carbons (Fsp3) is 0.632. The molecule has 0 atom stereocenters. The van der Waals surface area contributed by atoms with Crippen molar-refractivity contribution in [3.05, 3.63) is 35.9 Å². The van der Waals surface area contributed by atoms with Gasteiger partial charge in [0.15, 0.2) is 0 Å². The summed E-state index contributed by atoms with van der Waals surface area (Å²) in [5.41, 5.74) is 0.861. The molecule has 0 saturated carbocycles. The summed E-state index contributed by atoms with van der Waals surface area (Å²) >= 11 is 0. The van der Waals surface area contributed by atoms with Gasteiger partial charge in [0.1, 0.15) is 5.54 Å². The lowest BCUT2D eigenvalue weighted by molar-refractivity contribution is -0.165. The molecule has 2 aliphatic rings. The molecule has 5 nitrogen and oxygen atoms in total. The number of morpholine rings is 1. The zero-order valence-corrected chi connectivity index (χ0v) is 14.6. The van der Waals surface area contributed by atoms with Gasteiger partial charge in [0.2, 0.25) is 0 Å². The average Bonchev–Trinajstić information content (AvgIpc) is 2.64. The number of rotatable bonds is 5. The van der Waals surface area contributed by atoms with Gasteiger partial charge in [0.25, 0.3) is 0 Å². The number of hydrogen-bond acceptors (Lipinski definition) is 5. The Morgan fingerprint density at radius 2 is 1.79 bits per heavy atom. The highest BCUT2D eigenvalue weighted by molar-refractivity contribution is 5.81. The van der Waals surface area contributed by atoms with Crippen molar-refractivity contribution in [2.45, 2.75) is 31.8 Å². The van der Waals surface area contributed by atoms with Gasteiger partial charge < -0.3 is 9.47 Å². The minimum absolute atomic E-state index is 0.0498. The normalized spacial score (nSPS) is 22.2. The predicted octanol–water partition coefficient (Wildman–Crippen LogP) is 1.92. The van der Waals surface area contributed by atoms with E-state index in [0.29, 0.717) is 19.8 Å². The van der Waals surface area contributed by atoms with Crippen LogP contribution >= 0.6 is 0 Å². The molecule has 0 amide bonds. The van der Waals surface area contributed by atoms with E-state index in [2.05, 4.69) is 34.1 Å². The highest BCUT2D eigenvalue weighted by Crippen LogP contribution is 2.32. The maximum atomic E-state index is 12.8. The van der Waals surface area contributed by atoms with E-state index in [-0.39, 0.29) is 5.97 Å². The monoisotopic (exact) mass is 332 g/mol. The molecule has 0 N–H and O–H groups in total. The van der Waals surface area contributed by atoms with Gasteiger partial charge in [-0.1, -0.05) is 30.3 Å². The molecule has 2 aliphatic heterocycles. The zero-order valence-electron chi connectivity index (χ0n) is 14.6. The summed E-state index contributed by atoms with van der Waals surface area (Å²) in [6, 6.07) is 10.5. The van der Waals surface area contributed by atoms with E-state index in [4.69, 9.17) is 9.47 Å². The van der Waals surface area contributed by atoms with E-state index in [0.717, 1.165) is 45.6 Å². The van der Waals surface area contributed by atoms with Gasteiger partial charge in [-0.2, -0.15) is 0 Å². The Morgan fingerprint density at radius 1 is 1.12 bits per heavy atom. The molecule has 0 spiro atoms. The van der Waals surface area contributed by atoms with Gasteiger partial charge in [-0.05, 0) is 25.3 Å². The number of carbonyl (C=O) groups excluding carboxylic acids is 1. The van der Waals surface area contributed by atoms with Gasteiger partial charge in [-0.25, -0.2) is 0 Å². The summed E-state index contributed by atoms with van der Waals surface area (Å²) in [6.45, 7) is 8.16. The zero-order chi connectivity index (χ0) is 16.8. The molecule has 2 heterocycles. The summed E-state index contributed by atoms with van der Waals surface area (Å²) in [5, 5.41) is 0. The SMILES string of the molecule is CCOC(=O)C1(N2CCOCC2)CCN(Cc2ccccc2)CC1. The number of esters is 1. The lowest BCUT2D eigenvalue weighted by Gasteiger charge is -2.48. The lowest BCUT2D eigenvalue weighted by atomic mass is 9.85. The highest BCUT2D eigenvalue weighted by atomic mass is 16.5. The number of hydrogen-bond donors (Lipinski definition) is 0. The van der Waals surface area contributed by atoms with Crippen molar-refractivity contribution < 1.29 is 14.3 Å². The molecule has 3 rings (SSSR count). The van der Waals surface area contributed by atoms with Gasteiger partial charge in [0.05, 0.1) is 19.8 Å². The molecule has 1 aromatic carbocycles. The molecular formula is C19H28N2O3. The summed E-state index contributed by atoms with van der Waals surface area (Å²) < 4.78 is 10.9. The predicted molar refractivity (Wildman–Crippen MR) is 92.7 cm³/mol. The van der Waals surface area contributed by atoms with E-state index in [1.807, 2.05) is 13.0 Å². The fourth-order valence-corrected chi connectivity index (χ4v) is 3.83. The van der Waals surface area contributed by atoms with Crippen molar-refractivity contribution in [1.82, 2.24) is 9.80 Å². The van der Waals surface area contributed by atoms with Crippen LogP contribution in [0.2, 0.25) is 0 Å². The van der Waals surface area contributed by atoms with Crippen LogP contribution in [-0.4, -0.2) is 67.3 Å². The smallest absolute Gasteiger partial charge is 0.326 e. The Kier molecular flexibility index (Phi) is 5.87. The van der Waals surface area contributed by atoms with E-state index in [9.17, 15) is 4.79 Å². The maximum Gasteiger partial charge on any atom is 0.326 e. The maximum absolute atomic E-state index is 12.8. The van der Waals surface area contributed by atoms with Crippen LogP contribution in [0.4, 0.5) is 0 Å². The first-order chi connectivity index (χ1) is 11.7. The van der Waals surface area contributed by atoms with E-state index < -0.39 is 5.54 Å². The molecule has 0 aromatic heterocycles. The molecule has 132 valence electrons. The van der Waals surface area contributed by atoms with Gasteiger partial charge >= 0.3 is 5.97 Å². The van der Waals surface area contributed by atoms with Crippen LogP contribution < -0.4 is 0 Å². The molecule has 0 unspecified atom stereocenters. The van der Waals surface area contributed by atoms with Crippen LogP contribution in [-0.2, 0) is 20.8 Å². The van der Waals surface area contributed by atoms with Crippen molar-refractivity contribution in [2.24, 2.45) is 0 Å². The van der Waals surface area contributed by atoms with Crippen LogP contribution in [0.25, 0.3) is 0 Å². The number of piperidine rings is 1. The van der Waals surface area contributed by atoms with Gasteiger partial charge in [0, 0.05) is 32.7 Å². The fourth-order valence-electron chi connectivity index (χ4n) is 3.83. The molecule has 2 fully saturated rings. The average molecular weight is 332 g/mol. The number of nitrogens with zero attached hydrogens (tertiary/aromatic N) is 2. The third-order valence-corrected chi connectivity index (χ3v) is 5.20. The minimum atomic E-state index is -0.465. The standard InChI is InChI=1S/C19H28N2O3/c1-2-24-18(22)19(21-12-14-23-15-13-21)8-10-20(11-9-19)16-17-6-4-3-5-7-17/h3-7H,2,8-16H2,1H3. The summed E-state index contributed by atoms with van der Waals surface area (Å²) in [5.74, 6) is -0.0498. The molecule has 5 heteroatoms. The van der Waals surface area contributed by atoms with Crippen molar-refractivity contribution in [3.63, 3.8) is 0 Å². The number of likely N-dealkylation sites (tertiary alicyclic amines) is 1. The Morgan fingerprint density at radius 3 is 2.42 bits per heavy atom. The summed E-state index contributed by atoms with van der Waals surface area (Å²) in [7, 11) is 0. The molecule has 24 heavy (non-hydrogen) atoms. The Labute approximate surface area is 144 Å².